The number of hydrogen-bond acceptors (Lipinski definition) is 7. The van der Waals surface area contributed by atoms with Crippen LogP contribution in [0.15, 0.2) is 61.1 Å². The summed E-state index contributed by atoms with van der Waals surface area (Å²) < 4.78 is 41.7. The smallest absolute Gasteiger partial charge is 0.252 e. The Morgan fingerprint density at radius 2 is 1.88 bits per heavy atom. The van der Waals surface area contributed by atoms with Crippen molar-refractivity contribution in [3.63, 3.8) is 0 Å². The van der Waals surface area contributed by atoms with Gasteiger partial charge in [-0.25, -0.2) is 18.2 Å². The number of nitrogens with zero attached hydrogens (tertiary/aromatic N) is 6. The second-order valence-electron chi connectivity index (χ2n) is 9.97. The van der Waals surface area contributed by atoms with Crippen molar-refractivity contribution in [3.05, 3.63) is 83.6 Å². The Morgan fingerprint density at radius 3 is 2.57 bits per heavy atom. The molecule has 3 aromatic rings. The summed E-state index contributed by atoms with van der Waals surface area (Å²) in [5, 5.41) is 21.7. The fourth-order valence-electron chi connectivity index (χ4n) is 5.20. The van der Waals surface area contributed by atoms with E-state index in [1.54, 1.807) is 6.07 Å². The average Bonchev–Trinajstić information content (AvgIpc) is 3.35. The monoisotopic (exact) mass is 573 g/mol. The number of amides is 3. The van der Waals surface area contributed by atoms with Gasteiger partial charge in [0.1, 0.15) is 23.7 Å². The lowest BCUT2D eigenvalue weighted by molar-refractivity contribution is -0.133. The molecule has 0 unspecified atom stereocenters. The number of nitrogens with one attached hydrogen (secondary N) is 1. The second kappa shape index (κ2) is 11.3. The normalized spacial score (nSPS) is 18.4. The molecular weight excluding hydrogens is 551 g/mol. The molecule has 3 heterocycles. The SMILES string of the molecule is N#Cc1ccnc(N2C(=O)CC[C@H]2C(=O)N(c2cncc(F)c2)[C@H](C(=O)NC2CC(F)(F)C2)c2ccccc2C#N)c1. The molecule has 3 amide bonds. The number of pyridine rings is 2. The molecule has 1 aromatic carbocycles. The molecule has 0 bridgehead atoms. The van der Waals surface area contributed by atoms with Crippen LogP contribution in [0.4, 0.5) is 24.7 Å². The van der Waals surface area contributed by atoms with Crippen molar-refractivity contribution in [1.29, 1.82) is 10.5 Å². The predicted octanol–water partition coefficient (Wildman–Crippen LogP) is 3.54. The number of rotatable bonds is 7. The third-order valence-electron chi connectivity index (χ3n) is 7.14. The van der Waals surface area contributed by atoms with Crippen LogP contribution >= 0.6 is 0 Å². The summed E-state index contributed by atoms with van der Waals surface area (Å²) in [6.07, 6.45) is 2.07. The van der Waals surface area contributed by atoms with Crippen molar-refractivity contribution in [2.24, 2.45) is 0 Å². The maximum Gasteiger partial charge on any atom is 0.252 e. The first-order valence-corrected chi connectivity index (χ1v) is 12.9. The Bertz CT molecular complexity index is 1640. The molecule has 2 atom stereocenters. The molecule has 1 N–H and O–H groups in total. The number of halogens is 3. The Balaban J connectivity index is 1.63. The lowest BCUT2D eigenvalue weighted by Gasteiger charge is -2.39. The Morgan fingerprint density at radius 1 is 1.12 bits per heavy atom. The lowest BCUT2D eigenvalue weighted by Crippen LogP contribution is -2.56. The van der Waals surface area contributed by atoms with Gasteiger partial charge >= 0.3 is 0 Å². The summed E-state index contributed by atoms with van der Waals surface area (Å²) in [4.78, 5) is 51.3. The van der Waals surface area contributed by atoms with E-state index in [1.807, 2.05) is 12.1 Å². The van der Waals surface area contributed by atoms with Gasteiger partial charge in [-0.3, -0.25) is 29.2 Å². The largest absolute Gasteiger partial charge is 0.351 e. The van der Waals surface area contributed by atoms with E-state index in [4.69, 9.17) is 0 Å². The van der Waals surface area contributed by atoms with Crippen molar-refractivity contribution in [2.75, 3.05) is 9.80 Å². The van der Waals surface area contributed by atoms with Crippen molar-refractivity contribution in [3.8, 4) is 12.1 Å². The van der Waals surface area contributed by atoms with Gasteiger partial charge < -0.3 is 5.32 Å². The lowest BCUT2D eigenvalue weighted by atomic mass is 9.87. The fourth-order valence-corrected chi connectivity index (χ4v) is 5.20. The number of benzene rings is 1. The molecule has 212 valence electrons. The molecule has 1 saturated carbocycles. The minimum atomic E-state index is -2.95. The molecule has 2 aliphatic rings. The first-order valence-electron chi connectivity index (χ1n) is 12.9. The quantitative estimate of drug-likeness (QED) is 0.455. The summed E-state index contributed by atoms with van der Waals surface area (Å²) in [5.41, 5.74) is 0.0996. The molecule has 0 spiro atoms. The molecule has 1 aliphatic heterocycles. The first-order chi connectivity index (χ1) is 20.1. The molecule has 0 radical (unpaired) electrons. The van der Waals surface area contributed by atoms with E-state index >= 15 is 0 Å². The highest BCUT2D eigenvalue weighted by atomic mass is 19.3. The zero-order valence-electron chi connectivity index (χ0n) is 21.9. The van der Waals surface area contributed by atoms with Crippen LogP contribution in [0.2, 0.25) is 0 Å². The van der Waals surface area contributed by atoms with Crippen molar-refractivity contribution in [1.82, 2.24) is 15.3 Å². The standard InChI is InChI=1S/C29H22F3N7O3/c30-19-10-21(16-35-15-19)38(28(42)23-5-6-25(40)39(23)24-9-17(13-33)7-8-36-24)26(22-4-2-1-3-18(22)14-34)27(41)37-20-11-29(31,32)12-20/h1-4,7-10,15-16,20,23,26H,5-6,11-12H2,(H,37,41)/t23-,26-/m0/s1. The topological polar surface area (TPSA) is 143 Å². The van der Waals surface area contributed by atoms with Crippen molar-refractivity contribution < 1.29 is 27.6 Å². The van der Waals surface area contributed by atoms with E-state index < -0.39 is 60.4 Å². The van der Waals surface area contributed by atoms with Crippen LogP contribution in [-0.4, -0.2) is 45.7 Å². The van der Waals surface area contributed by atoms with Gasteiger partial charge in [0.2, 0.25) is 11.8 Å². The molecule has 1 aliphatic carbocycles. The number of nitriles is 2. The minimum absolute atomic E-state index is 0.00153. The molecule has 5 rings (SSSR count). The van der Waals surface area contributed by atoms with E-state index in [1.165, 1.54) is 36.5 Å². The number of anilines is 2. The highest BCUT2D eigenvalue weighted by Gasteiger charge is 2.48. The maximum absolute atomic E-state index is 14.5. The number of aromatic nitrogens is 2. The van der Waals surface area contributed by atoms with Crippen LogP contribution in [-0.2, 0) is 14.4 Å². The van der Waals surface area contributed by atoms with E-state index in [-0.39, 0.29) is 41.0 Å². The van der Waals surface area contributed by atoms with E-state index in [2.05, 4.69) is 15.3 Å². The summed E-state index contributed by atoms with van der Waals surface area (Å²) >= 11 is 0. The average molecular weight is 574 g/mol. The number of hydrogen-bond donors (Lipinski definition) is 1. The maximum atomic E-state index is 14.5. The zero-order valence-corrected chi connectivity index (χ0v) is 21.9. The van der Waals surface area contributed by atoms with E-state index in [0.29, 0.717) is 0 Å². The van der Waals surface area contributed by atoms with Crippen molar-refractivity contribution >= 4 is 29.2 Å². The summed E-state index contributed by atoms with van der Waals surface area (Å²) in [6, 6.07) is 9.82. The Kier molecular flexibility index (Phi) is 7.59. The zero-order chi connectivity index (χ0) is 30.0. The van der Waals surface area contributed by atoms with Gasteiger partial charge in [-0.05, 0) is 24.6 Å². The van der Waals surface area contributed by atoms with Gasteiger partial charge in [-0.1, -0.05) is 18.2 Å². The Hall–Kier alpha value is -5.30. The summed E-state index contributed by atoms with van der Waals surface area (Å²) in [6.45, 7) is 0. The van der Waals surface area contributed by atoms with Gasteiger partial charge in [-0.2, -0.15) is 10.5 Å². The van der Waals surface area contributed by atoms with Crippen LogP contribution in [0.5, 0.6) is 0 Å². The molecular formula is C29H22F3N7O3. The third-order valence-corrected chi connectivity index (χ3v) is 7.14. The van der Waals surface area contributed by atoms with E-state index in [9.17, 15) is 38.1 Å². The fraction of sp³-hybridized carbons (Fsp3) is 0.276. The third kappa shape index (κ3) is 5.49. The summed E-state index contributed by atoms with van der Waals surface area (Å²) in [5.74, 6) is -5.93. The van der Waals surface area contributed by atoms with Gasteiger partial charge in [0.15, 0.2) is 0 Å². The van der Waals surface area contributed by atoms with Crippen LogP contribution in [0, 0.1) is 28.5 Å². The van der Waals surface area contributed by atoms with E-state index in [0.717, 1.165) is 28.3 Å². The first kappa shape index (κ1) is 28.2. The molecule has 42 heavy (non-hydrogen) atoms. The highest BCUT2D eigenvalue weighted by Crippen LogP contribution is 2.39. The van der Waals surface area contributed by atoms with Crippen LogP contribution in [0.3, 0.4) is 0 Å². The van der Waals surface area contributed by atoms with Crippen LogP contribution in [0.25, 0.3) is 0 Å². The predicted molar refractivity (Wildman–Crippen MR) is 141 cm³/mol. The summed E-state index contributed by atoms with van der Waals surface area (Å²) in [7, 11) is 0. The number of alkyl halides is 2. The molecule has 10 nitrogen and oxygen atoms in total. The molecule has 13 heteroatoms. The molecule has 1 saturated heterocycles. The van der Waals surface area contributed by atoms with Crippen LogP contribution in [0.1, 0.15) is 48.4 Å². The number of carbonyl (C=O) groups is 3. The second-order valence-corrected chi connectivity index (χ2v) is 9.97. The Labute approximate surface area is 238 Å². The van der Waals surface area contributed by atoms with Gasteiger partial charge in [0, 0.05) is 43.1 Å². The molecule has 2 aromatic heterocycles. The van der Waals surface area contributed by atoms with Crippen LogP contribution < -0.4 is 15.1 Å². The van der Waals surface area contributed by atoms with Gasteiger partial charge in [0.05, 0.1) is 41.3 Å². The van der Waals surface area contributed by atoms with Gasteiger partial charge in [-0.15, -0.1) is 0 Å². The minimum Gasteiger partial charge on any atom is -0.351 e. The molecule has 2 fully saturated rings. The number of carbonyl (C=O) groups excluding carboxylic acids is 3. The highest BCUT2D eigenvalue weighted by molar-refractivity contribution is 6.10. The van der Waals surface area contributed by atoms with Crippen molar-refractivity contribution in [2.45, 2.75) is 49.7 Å². The van der Waals surface area contributed by atoms with Gasteiger partial charge in [0.25, 0.3) is 11.8 Å².